The molecule has 0 aliphatic carbocycles. The maximum Gasteiger partial charge on any atom is 0.391 e. The van der Waals surface area contributed by atoms with E-state index in [-0.39, 0.29) is 5.41 Å². The minimum Gasteiger partial charge on any atom is -0.427 e. The van der Waals surface area contributed by atoms with Gasteiger partial charge in [-0.1, -0.05) is 100 Å². The Labute approximate surface area is 168 Å². The topological polar surface area (TPSA) is 49.7 Å². The van der Waals surface area contributed by atoms with Gasteiger partial charge in [-0.2, -0.15) is 0 Å². The summed E-state index contributed by atoms with van der Waals surface area (Å²) in [6, 6.07) is 26.4. The number of hydrogen-bond acceptors (Lipinski definition) is 3. The average Bonchev–Trinajstić information content (AvgIpc) is 2.68. The molecular weight excluding hydrogens is 367 g/mol. The molecule has 3 aromatic carbocycles. The van der Waals surface area contributed by atoms with Crippen LogP contribution in [0.25, 0.3) is 0 Å². The van der Waals surface area contributed by atoms with Crippen LogP contribution in [0, 0.1) is 0 Å². The molecule has 3 aromatic rings. The van der Waals surface area contributed by atoms with E-state index in [0.29, 0.717) is 5.75 Å². The van der Waals surface area contributed by atoms with Gasteiger partial charge in [0, 0.05) is 16.4 Å². The lowest BCUT2D eigenvalue weighted by molar-refractivity contribution is 0.369. The highest BCUT2D eigenvalue weighted by molar-refractivity contribution is 7.39. The molecular formula is C24H27O3P. The predicted octanol–water partition coefficient (Wildman–Crippen LogP) is 5.93. The molecule has 0 unspecified atom stereocenters. The quantitative estimate of drug-likeness (QED) is 0.510. The molecule has 0 atom stereocenters. The van der Waals surface area contributed by atoms with Crippen molar-refractivity contribution < 1.29 is 14.3 Å². The van der Waals surface area contributed by atoms with Crippen LogP contribution in [-0.4, -0.2) is 9.79 Å². The van der Waals surface area contributed by atoms with Gasteiger partial charge < -0.3 is 14.3 Å². The van der Waals surface area contributed by atoms with Crippen molar-refractivity contribution in [3.63, 3.8) is 0 Å². The zero-order chi connectivity index (χ0) is 20.4. The highest BCUT2D eigenvalue weighted by atomic mass is 31.2. The van der Waals surface area contributed by atoms with Crippen LogP contribution in [0.4, 0.5) is 0 Å². The summed E-state index contributed by atoms with van der Waals surface area (Å²) < 4.78 is 5.50. The first-order valence-corrected chi connectivity index (χ1v) is 10.5. The summed E-state index contributed by atoms with van der Waals surface area (Å²) in [5.74, 6) is 0.506. The van der Waals surface area contributed by atoms with Crippen LogP contribution in [0.3, 0.4) is 0 Å². The SMILES string of the molecule is CC(C)(c1ccccc1)c1cccc(OP(O)O)c1C(C)(C)c1ccccc1. The fraction of sp³-hybridized carbons (Fsp3) is 0.250. The Bertz CT molecular complexity index is 919. The molecule has 3 rings (SSSR count). The molecule has 2 N–H and O–H groups in total. The van der Waals surface area contributed by atoms with Crippen LogP contribution in [-0.2, 0) is 10.8 Å². The highest BCUT2D eigenvalue weighted by Gasteiger charge is 2.36. The Morgan fingerprint density at radius 2 is 1.14 bits per heavy atom. The Kier molecular flexibility index (Phi) is 5.90. The molecule has 0 saturated carbocycles. The smallest absolute Gasteiger partial charge is 0.391 e. The first-order valence-electron chi connectivity index (χ1n) is 9.35. The summed E-state index contributed by atoms with van der Waals surface area (Å²) in [5, 5.41) is 0. The summed E-state index contributed by atoms with van der Waals surface area (Å²) in [6.07, 6.45) is 0. The van der Waals surface area contributed by atoms with E-state index in [1.54, 1.807) is 0 Å². The third-order valence-electron chi connectivity index (χ3n) is 5.50. The number of benzene rings is 3. The monoisotopic (exact) mass is 394 g/mol. The third kappa shape index (κ3) is 3.98. The van der Waals surface area contributed by atoms with Gasteiger partial charge in [0.1, 0.15) is 5.75 Å². The molecule has 146 valence electrons. The van der Waals surface area contributed by atoms with Gasteiger partial charge in [-0.25, -0.2) is 0 Å². The lowest BCUT2D eigenvalue weighted by Crippen LogP contribution is -2.28. The van der Waals surface area contributed by atoms with Crippen molar-refractivity contribution >= 4 is 8.60 Å². The second-order valence-corrected chi connectivity index (χ2v) is 8.69. The molecule has 0 radical (unpaired) electrons. The van der Waals surface area contributed by atoms with E-state index in [0.717, 1.165) is 16.7 Å². The van der Waals surface area contributed by atoms with Crippen LogP contribution in [0.5, 0.6) is 5.75 Å². The first kappa shape index (κ1) is 20.5. The van der Waals surface area contributed by atoms with Gasteiger partial charge in [0.05, 0.1) is 0 Å². The van der Waals surface area contributed by atoms with Gasteiger partial charge >= 0.3 is 8.60 Å². The molecule has 0 amide bonds. The van der Waals surface area contributed by atoms with Gasteiger partial charge in [-0.15, -0.1) is 0 Å². The van der Waals surface area contributed by atoms with E-state index >= 15 is 0 Å². The second-order valence-electron chi connectivity index (χ2n) is 8.00. The molecule has 3 nitrogen and oxygen atoms in total. The van der Waals surface area contributed by atoms with Crippen molar-refractivity contribution in [2.45, 2.75) is 38.5 Å². The Balaban J connectivity index is 2.27. The molecule has 0 fully saturated rings. The standard InChI is InChI=1S/C24H27O3P/c1-23(2,18-12-7-5-8-13-18)20-16-11-17-21(27-28(25)26)22(20)24(3,4)19-14-9-6-10-15-19/h5-17,25-26H,1-4H3. The van der Waals surface area contributed by atoms with Crippen LogP contribution < -0.4 is 4.52 Å². The van der Waals surface area contributed by atoms with E-state index in [9.17, 15) is 9.79 Å². The summed E-state index contributed by atoms with van der Waals surface area (Å²) in [6.45, 7) is 8.66. The molecule has 0 aliphatic rings. The lowest BCUT2D eigenvalue weighted by atomic mass is 9.68. The van der Waals surface area contributed by atoms with E-state index in [4.69, 9.17) is 4.52 Å². The Hall–Kier alpha value is -2.19. The Morgan fingerprint density at radius 1 is 0.643 bits per heavy atom. The van der Waals surface area contributed by atoms with E-state index < -0.39 is 14.0 Å². The summed E-state index contributed by atoms with van der Waals surface area (Å²) in [4.78, 5) is 19.2. The molecule has 0 heterocycles. The zero-order valence-corrected chi connectivity index (χ0v) is 17.6. The molecule has 4 heteroatoms. The first-order chi connectivity index (χ1) is 13.2. The molecule has 28 heavy (non-hydrogen) atoms. The van der Waals surface area contributed by atoms with Gasteiger partial charge in [0.2, 0.25) is 0 Å². The Morgan fingerprint density at radius 3 is 1.64 bits per heavy atom. The third-order valence-corrected chi connectivity index (χ3v) is 5.86. The summed E-state index contributed by atoms with van der Waals surface area (Å²) >= 11 is 0. The fourth-order valence-electron chi connectivity index (χ4n) is 3.87. The lowest BCUT2D eigenvalue weighted by Gasteiger charge is -2.36. The van der Waals surface area contributed by atoms with Crippen LogP contribution in [0.2, 0.25) is 0 Å². The van der Waals surface area contributed by atoms with Crippen LogP contribution in [0.1, 0.15) is 49.9 Å². The van der Waals surface area contributed by atoms with Crippen molar-refractivity contribution in [2.24, 2.45) is 0 Å². The maximum atomic E-state index is 9.58. The minimum absolute atomic E-state index is 0.296. The van der Waals surface area contributed by atoms with Crippen molar-refractivity contribution in [3.8, 4) is 5.75 Å². The summed E-state index contributed by atoms with van der Waals surface area (Å²) in [5.41, 5.74) is 3.69. The van der Waals surface area contributed by atoms with Crippen LogP contribution in [0.15, 0.2) is 78.9 Å². The summed E-state index contributed by atoms with van der Waals surface area (Å²) in [7, 11) is -2.51. The number of rotatable bonds is 6. The molecule has 0 bridgehead atoms. The molecule has 0 spiro atoms. The largest absolute Gasteiger partial charge is 0.427 e. The normalized spacial score (nSPS) is 12.2. The zero-order valence-electron chi connectivity index (χ0n) is 16.8. The maximum absolute atomic E-state index is 9.58. The second kappa shape index (κ2) is 8.05. The van der Waals surface area contributed by atoms with E-state index in [2.05, 4.69) is 58.0 Å². The van der Waals surface area contributed by atoms with Gasteiger partial charge in [0.25, 0.3) is 0 Å². The molecule has 0 aliphatic heterocycles. The molecule has 0 saturated heterocycles. The van der Waals surface area contributed by atoms with Crippen molar-refractivity contribution in [1.82, 2.24) is 0 Å². The molecule has 0 aromatic heterocycles. The predicted molar refractivity (Wildman–Crippen MR) is 116 cm³/mol. The van der Waals surface area contributed by atoms with Crippen molar-refractivity contribution in [3.05, 3.63) is 101 Å². The van der Waals surface area contributed by atoms with Gasteiger partial charge in [-0.3, -0.25) is 0 Å². The van der Waals surface area contributed by atoms with E-state index in [1.165, 1.54) is 5.56 Å². The minimum atomic E-state index is -2.51. The van der Waals surface area contributed by atoms with Gasteiger partial charge in [-0.05, 0) is 22.8 Å². The van der Waals surface area contributed by atoms with E-state index in [1.807, 2.05) is 48.5 Å². The fourth-order valence-corrected chi connectivity index (χ4v) is 4.20. The highest BCUT2D eigenvalue weighted by Crippen LogP contribution is 2.47. The van der Waals surface area contributed by atoms with Crippen molar-refractivity contribution in [1.29, 1.82) is 0 Å². The van der Waals surface area contributed by atoms with Crippen LogP contribution >= 0.6 is 8.60 Å². The number of hydrogen-bond donors (Lipinski definition) is 2. The van der Waals surface area contributed by atoms with Crippen molar-refractivity contribution in [2.75, 3.05) is 0 Å². The van der Waals surface area contributed by atoms with Gasteiger partial charge in [0.15, 0.2) is 0 Å². The average molecular weight is 394 g/mol.